The fraction of sp³-hybridized carbons (Fsp3) is 0.409. The van der Waals surface area contributed by atoms with Crippen molar-refractivity contribution >= 4 is 38.3 Å². The van der Waals surface area contributed by atoms with Crippen LogP contribution in [-0.2, 0) is 15.8 Å². The topological polar surface area (TPSA) is 84.8 Å². The first kappa shape index (κ1) is 23.7. The van der Waals surface area contributed by atoms with Crippen LogP contribution >= 0.6 is 11.6 Å². The summed E-state index contributed by atoms with van der Waals surface area (Å²) in [4.78, 5) is 12.7. The summed E-state index contributed by atoms with van der Waals surface area (Å²) in [7, 11) is -3.04. The molecule has 4 rings (SSSR count). The van der Waals surface area contributed by atoms with E-state index in [0.717, 1.165) is 6.07 Å². The van der Waals surface area contributed by atoms with E-state index in [9.17, 15) is 21.6 Å². The Kier molecular flexibility index (Phi) is 6.26. The Morgan fingerprint density at radius 1 is 1.21 bits per heavy atom. The molecule has 3 aromatic rings. The molecule has 0 spiro atoms. The minimum absolute atomic E-state index is 0.0698. The van der Waals surface area contributed by atoms with E-state index in [4.69, 9.17) is 11.6 Å². The lowest BCUT2D eigenvalue weighted by Crippen LogP contribution is -2.22. The fourth-order valence-electron chi connectivity index (χ4n) is 4.09. The number of nitrogens with one attached hydrogen (secondary N) is 1. The first-order valence-electron chi connectivity index (χ1n) is 10.4. The largest absolute Gasteiger partial charge is 0.363 e. The second kappa shape index (κ2) is 8.72. The summed E-state index contributed by atoms with van der Waals surface area (Å²) in [6.45, 7) is 2.29. The molecule has 0 unspecified atom stereocenters. The van der Waals surface area contributed by atoms with Gasteiger partial charge in [-0.15, -0.1) is 0 Å². The molecule has 6 nitrogen and oxygen atoms in total. The third kappa shape index (κ3) is 4.91. The van der Waals surface area contributed by atoms with E-state index in [-0.39, 0.29) is 28.1 Å². The van der Waals surface area contributed by atoms with Gasteiger partial charge in [-0.25, -0.2) is 36.5 Å². The number of nitrogens with zero attached hydrogens (tertiary/aromatic N) is 3. The molecule has 0 bridgehead atoms. The number of hydrogen-bond acceptors (Lipinski definition) is 6. The van der Waals surface area contributed by atoms with Crippen LogP contribution in [-0.4, -0.2) is 34.9 Å². The number of halogens is 4. The van der Waals surface area contributed by atoms with Gasteiger partial charge in [0.1, 0.15) is 33.0 Å². The third-order valence-corrected chi connectivity index (χ3v) is 7.94. The highest BCUT2D eigenvalue weighted by molar-refractivity contribution is 7.91. The van der Waals surface area contributed by atoms with Crippen molar-refractivity contribution in [2.45, 2.75) is 44.6 Å². The molecule has 0 radical (unpaired) electrons. The molecular weight excluding hydrogens is 477 g/mol. The normalized spacial score (nSPS) is 17.8. The van der Waals surface area contributed by atoms with Crippen LogP contribution in [0.15, 0.2) is 30.6 Å². The van der Waals surface area contributed by atoms with Crippen LogP contribution in [0.5, 0.6) is 0 Å². The van der Waals surface area contributed by atoms with Crippen molar-refractivity contribution in [3.05, 3.63) is 58.3 Å². The molecule has 1 fully saturated rings. The lowest BCUT2D eigenvalue weighted by atomic mass is 9.94. The Morgan fingerprint density at radius 2 is 1.91 bits per heavy atom. The molecule has 33 heavy (non-hydrogen) atoms. The van der Waals surface area contributed by atoms with Crippen molar-refractivity contribution in [3.63, 3.8) is 0 Å². The highest BCUT2D eigenvalue weighted by Gasteiger charge is 2.31. The van der Waals surface area contributed by atoms with Crippen LogP contribution in [0.1, 0.15) is 55.3 Å². The molecule has 0 aliphatic carbocycles. The van der Waals surface area contributed by atoms with E-state index in [0.29, 0.717) is 42.2 Å². The van der Waals surface area contributed by atoms with Gasteiger partial charge < -0.3 is 5.32 Å². The number of hydrogen-bond donors (Lipinski definition) is 1. The number of benzene rings is 1. The average molecular weight is 499 g/mol. The van der Waals surface area contributed by atoms with Crippen molar-refractivity contribution in [1.29, 1.82) is 0 Å². The van der Waals surface area contributed by atoms with E-state index in [1.165, 1.54) is 18.5 Å². The van der Waals surface area contributed by atoms with Crippen LogP contribution in [0.2, 0.25) is 5.15 Å². The quantitative estimate of drug-likeness (QED) is 0.474. The Morgan fingerprint density at radius 3 is 2.58 bits per heavy atom. The van der Waals surface area contributed by atoms with Gasteiger partial charge in [-0.05, 0) is 37.3 Å². The molecule has 1 aliphatic rings. The van der Waals surface area contributed by atoms with E-state index in [1.54, 1.807) is 13.0 Å². The van der Waals surface area contributed by atoms with Gasteiger partial charge in [0.25, 0.3) is 5.92 Å². The van der Waals surface area contributed by atoms with Crippen molar-refractivity contribution in [2.75, 3.05) is 16.8 Å². The van der Waals surface area contributed by atoms with Crippen molar-refractivity contribution in [2.24, 2.45) is 0 Å². The van der Waals surface area contributed by atoms with E-state index < -0.39 is 33.2 Å². The molecule has 11 heteroatoms. The summed E-state index contributed by atoms with van der Waals surface area (Å²) >= 11 is 6.38. The number of rotatable bonds is 5. The van der Waals surface area contributed by atoms with Gasteiger partial charge in [0.15, 0.2) is 5.65 Å². The average Bonchev–Trinajstić information content (AvgIpc) is 2.73. The van der Waals surface area contributed by atoms with Crippen molar-refractivity contribution in [3.8, 4) is 0 Å². The molecular formula is C22H22ClF3N4O2S. The van der Waals surface area contributed by atoms with Crippen LogP contribution in [0.4, 0.5) is 19.0 Å². The zero-order valence-electron chi connectivity index (χ0n) is 17.9. The number of aromatic nitrogens is 3. The van der Waals surface area contributed by atoms with Gasteiger partial charge in [-0.2, -0.15) is 0 Å². The van der Waals surface area contributed by atoms with Gasteiger partial charge >= 0.3 is 0 Å². The minimum Gasteiger partial charge on any atom is -0.363 e. The maximum atomic E-state index is 14.8. The van der Waals surface area contributed by atoms with E-state index in [1.807, 2.05) is 0 Å². The number of fused-ring (bicyclic) bond motifs is 1. The molecule has 1 atom stereocenters. The molecule has 1 aromatic carbocycles. The smallest absolute Gasteiger partial charge is 0.273 e. The summed E-state index contributed by atoms with van der Waals surface area (Å²) in [6.07, 6.45) is 2.15. The molecule has 1 aliphatic heterocycles. The van der Waals surface area contributed by atoms with Crippen molar-refractivity contribution in [1.82, 2.24) is 15.0 Å². The van der Waals surface area contributed by atoms with Gasteiger partial charge in [0.05, 0.1) is 28.5 Å². The molecule has 0 saturated carbocycles. The molecule has 1 N–H and O–H groups in total. The lowest BCUT2D eigenvalue weighted by molar-refractivity contribution is 0.0136. The maximum Gasteiger partial charge on any atom is 0.273 e. The first-order chi connectivity index (χ1) is 15.5. The van der Waals surface area contributed by atoms with Crippen LogP contribution in [0.3, 0.4) is 0 Å². The number of sulfone groups is 1. The predicted octanol–water partition coefficient (Wildman–Crippen LogP) is 5.39. The summed E-state index contributed by atoms with van der Waals surface area (Å²) in [5.41, 5.74) is 0.402. The number of anilines is 1. The Labute approximate surface area is 194 Å². The molecule has 176 valence electrons. The SMILES string of the molecule is C[C@@H](Nc1ncnc2nc(Cl)c(C3CCS(=O)(=O)CC3)cc12)c1cccc(C(C)(F)F)c1F. The Hall–Kier alpha value is -2.46. The zero-order valence-corrected chi connectivity index (χ0v) is 19.5. The van der Waals surface area contributed by atoms with Crippen LogP contribution in [0.25, 0.3) is 11.0 Å². The monoisotopic (exact) mass is 498 g/mol. The van der Waals surface area contributed by atoms with Crippen LogP contribution < -0.4 is 5.32 Å². The lowest BCUT2D eigenvalue weighted by Gasteiger charge is -2.23. The molecule has 3 heterocycles. The molecule has 1 saturated heterocycles. The van der Waals surface area contributed by atoms with Gasteiger partial charge in [0, 0.05) is 12.5 Å². The van der Waals surface area contributed by atoms with Crippen molar-refractivity contribution < 1.29 is 21.6 Å². The summed E-state index contributed by atoms with van der Waals surface area (Å²) in [6, 6.07) is 4.97. The molecule has 0 amide bonds. The third-order valence-electron chi connectivity index (χ3n) is 5.92. The first-order valence-corrected chi connectivity index (χ1v) is 12.6. The minimum atomic E-state index is -3.32. The highest BCUT2D eigenvalue weighted by atomic mass is 35.5. The van der Waals surface area contributed by atoms with Gasteiger partial charge in [-0.1, -0.05) is 29.8 Å². The fourth-order valence-corrected chi connectivity index (χ4v) is 5.87. The summed E-state index contributed by atoms with van der Waals surface area (Å²) in [5, 5.41) is 3.84. The maximum absolute atomic E-state index is 14.8. The van der Waals surface area contributed by atoms with Gasteiger partial charge in [0.2, 0.25) is 0 Å². The van der Waals surface area contributed by atoms with Crippen LogP contribution in [0, 0.1) is 5.82 Å². The predicted molar refractivity (Wildman–Crippen MR) is 121 cm³/mol. The number of pyridine rings is 1. The Bertz CT molecular complexity index is 1300. The number of alkyl halides is 2. The second-order valence-corrected chi connectivity index (χ2v) is 11.0. The zero-order chi connectivity index (χ0) is 24.0. The van der Waals surface area contributed by atoms with E-state index in [2.05, 4.69) is 20.3 Å². The Balaban J connectivity index is 1.69. The van der Waals surface area contributed by atoms with Gasteiger partial charge in [-0.3, -0.25) is 0 Å². The highest BCUT2D eigenvalue weighted by Crippen LogP contribution is 2.37. The molecule has 2 aromatic heterocycles. The summed E-state index contributed by atoms with van der Waals surface area (Å²) in [5.74, 6) is -3.87. The standard InChI is InChI=1S/C22H22ClF3N4O2S/c1-12(14-4-3-5-17(18(14)24)22(2,25)26)29-20-16-10-15(13-6-8-33(31,32)9-7-13)19(23)30-21(16)28-11-27-20/h3-5,10-13H,6-9H2,1-2H3,(H,27,28,29,30)/t12-/m1/s1. The van der Waals surface area contributed by atoms with E-state index >= 15 is 0 Å². The summed E-state index contributed by atoms with van der Waals surface area (Å²) < 4.78 is 65.9. The second-order valence-electron chi connectivity index (χ2n) is 8.35.